The van der Waals surface area contributed by atoms with Crippen molar-refractivity contribution >= 4 is 23.2 Å². The van der Waals surface area contributed by atoms with Crippen molar-refractivity contribution in [2.75, 3.05) is 19.4 Å². The Morgan fingerprint density at radius 2 is 1.97 bits per heavy atom. The van der Waals surface area contributed by atoms with E-state index in [0.29, 0.717) is 22.8 Å². The highest BCUT2D eigenvalue weighted by Gasteiger charge is 2.26. The van der Waals surface area contributed by atoms with Crippen LogP contribution in [0.15, 0.2) is 30.6 Å². The number of hydrogen-bond acceptors (Lipinski definition) is 8. The summed E-state index contributed by atoms with van der Waals surface area (Å²) >= 11 is 0. The van der Waals surface area contributed by atoms with Gasteiger partial charge in [0.05, 0.1) is 29.6 Å². The molecule has 3 N–H and O–H groups in total. The Kier molecular flexibility index (Phi) is 5.20. The minimum absolute atomic E-state index is 0.0273. The van der Waals surface area contributed by atoms with Crippen LogP contribution in [0.5, 0.6) is 5.75 Å². The maximum absolute atomic E-state index is 12.7. The summed E-state index contributed by atoms with van der Waals surface area (Å²) in [5.41, 5.74) is 0.456. The van der Waals surface area contributed by atoms with Gasteiger partial charge in [0.15, 0.2) is 23.0 Å². The fourth-order valence-electron chi connectivity index (χ4n) is 3.20. The van der Waals surface area contributed by atoms with E-state index in [1.165, 1.54) is 13.2 Å². The number of aromatic nitrogens is 5. The molecule has 0 bridgehead atoms. The molecule has 1 saturated carbocycles. The number of methoxy groups -OCH3 is 1. The van der Waals surface area contributed by atoms with Crippen molar-refractivity contribution in [3.05, 3.63) is 42.0 Å². The predicted molar refractivity (Wildman–Crippen MR) is 126 cm³/mol. The van der Waals surface area contributed by atoms with Gasteiger partial charge in [-0.25, -0.2) is 9.67 Å². The van der Waals surface area contributed by atoms with E-state index in [1.54, 1.807) is 29.2 Å². The van der Waals surface area contributed by atoms with Crippen LogP contribution in [0.25, 0.3) is 11.4 Å². The van der Waals surface area contributed by atoms with Gasteiger partial charge in [0.1, 0.15) is 6.33 Å². The van der Waals surface area contributed by atoms with Gasteiger partial charge in [0.25, 0.3) is 11.8 Å². The van der Waals surface area contributed by atoms with Gasteiger partial charge in [0.2, 0.25) is 0 Å². The van der Waals surface area contributed by atoms with Crippen LogP contribution in [0.4, 0.5) is 11.4 Å². The molecular weight excluding hydrogens is 436 g/mol. The molecule has 1 aliphatic rings. The highest BCUT2D eigenvalue weighted by atomic mass is 16.5. The van der Waals surface area contributed by atoms with E-state index in [-0.39, 0.29) is 28.7 Å². The number of benzene rings is 1. The minimum Gasteiger partial charge on any atom is -0.494 e. The third-order valence-corrected chi connectivity index (χ3v) is 5.18. The van der Waals surface area contributed by atoms with Gasteiger partial charge in [-0.3, -0.25) is 9.59 Å². The summed E-state index contributed by atoms with van der Waals surface area (Å²) < 4.78 is 29.5. The first-order valence-corrected chi connectivity index (χ1v) is 10.7. The van der Waals surface area contributed by atoms with E-state index in [4.69, 9.17) is 8.85 Å². The first kappa shape index (κ1) is 19.4. The average molecular weight is 468 g/mol. The number of carbonyl (C=O) groups is 2. The van der Waals surface area contributed by atoms with Crippen LogP contribution >= 0.6 is 0 Å². The Labute approximate surface area is 201 Å². The molecule has 0 saturated heterocycles. The number of amides is 2. The standard InChI is InChI=1S/C23H28N8O3/c1-23(2,3)31-12-25-20(30-31)14-7-6-8-15(19(14)34-5)27-16-11-17(21(32)26-13-9-10-13)28-29-18(16)22(33)24-4/h6-8,11-13H,9-10H2,1-5H3,(H,24,33)(H,26,32)(H,27,28)/i4D3. The van der Waals surface area contributed by atoms with Crippen molar-refractivity contribution in [2.24, 2.45) is 0 Å². The normalized spacial score (nSPS) is 15.0. The molecule has 0 radical (unpaired) electrons. The molecule has 0 unspecified atom stereocenters. The molecule has 34 heavy (non-hydrogen) atoms. The number of rotatable bonds is 7. The molecule has 4 rings (SSSR count). The van der Waals surface area contributed by atoms with Gasteiger partial charge in [-0.1, -0.05) is 6.07 Å². The molecule has 11 nitrogen and oxygen atoms in total. The van der Waals surface area contributed by atoms with Crippen LogP contribution < -0.4 is 20.7 Å². The predicted octanol–water partition coefficient (Wildman–Crippen LogP) is 2.49. The van der Waals surface area contributed by atoms with Gasteiger partial charge in [-0.05, 0) is 51.8 Å². The summed E-state index contributed by atoms with van der Waals surface area (Å²) in [5.74, 6) is -0.631. The zero-order valence-corrected chi connectivity index (χ0v) is 19.3. The quantitative estimate of drug-likeness (QED) is 0.482. The van der Waals surface area contributed by atoms with Crippen molar-refractivity contribution in [3.63, 3.8) is 0 Å². The monoisotopic (exact) mass is 467 g/mol. The SMILES string of the molecule is [2H]C([2H])([2H])NC(=O)c1nnc(C(=O)NC2CC2)cc1Nc1cccc(-c2ncn(C(C)(C)C)n2)c1OC. The molecule has 1 fully saturated rings. The molecule has 2 heterocycles. The summed E-state index contributed by atoms with van der Waals surface area (Å²) in [6.45, 7) is 3.26. The zero-order valence-electron chi connectivity index (χ0n) is 22.3. The minimum atomic E-state index is -2.74. The second-order valence-electron chi connectivity index (χ2n) is 8.89. The van der Waals surface area contributed by atoms with Crippen LogP contribution in [0.3, 0.4) is 0 Å². The maximum atomic E-state index is 12.7. The smallest absolute Gasteiger partial charge is 0.273 e. The lowest BCUT2D eigenvalue weighted by Gasteiger charge is -2.18. The molecule has 1 aromatic carbocycles. The number of hydrogen-bond donors (Lipinski definition) is 3. The molecule has 11 heteroatoms. The number of nitrogens with one attached hydrogen (secondary N) is 3. The third kappa shape index (κ3) is 4.82. The van der Waals surface area contributed by atoms with E-state index >= 15 is 0 Å². The van der Waals surface area contributed by atoms with Crippen molar-refractivity contribution in [1.29, 1.82) is 0 Å². The van der Waals surface area contributed by atoms with Gasteiger partial charge in [0, 0.05) is 17.1 Å². The van der Waals surface area contributed by atoms with Crippen LogP contribution in [0.1, 0.15) is 58.7 Å². The Morgan fingerprint density at radius 1 is 1.18 bits per heavy atom. The fraction of sp³-hybridized carbons (Fsp3) is 0.391. The summed E-state index contributed by atoms with van der Waals surface area (Å²) in [5, 5.41) is 20.0. The van der Waals surface area contributed by atoms with Crippen molar-refractivity contribution in [1.82, 2.24) is 35.6 Å². The summed E-state index contributed by atoms with van der Waals surface area (Å²) in [6.07, 6.45) is 3.39. The number of nitrogens with zero attached hydrogens (tertiary/aromatic N) is 5. The Bertz CT molecular complexity index is 1330. The Balaban J connectivity index is 1.74. The van der Waals surface area contributed by atoms with E-state index in [0.717, 1.165) is 12.8 Å². The van der Waals surface area contributed by atoms with Crippen LogP contribution in [-0.4, -0.2) is 56.9 Å². The van der Waals surface area contributed by atoms with Crippen LogP contribution in [-0.2, 0) is 5.54 Å². The average Bonchev–Trinajstić information content (AvgIpc) is 3.47. The summed E-state index contributed by atoms with van der Waals surface area (Å²) in [7, 11) is 1.48. The number of para-hydroxylation sites is 1. The summed E-state index contributed by atoms with van der Waals surface area (Å²) in [6, 6.07) is 6.65. The van der Waals surface area contributed by atoms with Gasteiger partial charge in [-0.2, -0.15) is 5.10 Å². The molecule has 178 valence electrons. The van der Waals surface area contributed by atoms with E-state index in [9.17, 15) is 9.59 Å². The van der Waals surface area contributed by atoms with Gasteiger partial charge in [-0.15, -0.1) is 10.2 Å². The molecule has 1 aliphatic carbocycles. The zero-order chi connectivity index (χ0) is 27.0. The molecule has 2 aromatic heterocycles. The first-order chi connectivity index (χ1) is 17.4. The van der Waals surface area contributed by atoms with Crippen LogP contribution in [0.2, 0.25) is 0 Å². The fourth-order valence-corrected chi connectivity index (χ4v) is 3.20. The van der Waals surface area contributed by atoms with E-state index in [1.807, 2.05) is 26.1 Å². The highest BCUT2D eigenvalue weighted by molar-refractivity contribution is 6.00. The number of carbonyl (C=O) groups excluding carboxylic acids is 2. The van der Waals surface area contributed by atoms with Crippen molar-refractivity contribution in [3.8, 4) is 17.1 Å². The molecule has 0 aliphatic heterocycles. The number of anilines is 2. The van der Waals surface area contributed by atoms with Gasteiger partial charge >= 0.3 is 0 Å². The molecule has 3 aromatic rings. The van der Waals surface area contributed by atoms with Crippen molar-refractivity contribution < 1.29 is 18.4 Å². The molecular formula is C23H28N8O3. The topological polar surface area (TPSA) is 136 Å². The Morgan fingerprint density at radius 3 is 2.62 bits per heavy atom. The van der Waals surface area contributed by atoms with Crippen molar-refractivity contribution in [2.45, 2.75) is 45.2 Å². The molecule has 2 amide bonds. The second-order valence-corrected chi connectivity index (χ2v) is 8.89. The lowest BCUT2D eigenvalue weighted by atomic mass is 10.1. The Hall–Kier alpha value is -4.02. The largest absolute Gasteiger partial charge is 0.494 e. The van der Waals surface area contributed by atoms with Crippen LogP contribution in [0, 0.1) is 0 Å². The molecule has 0 spiro atoms. The lowest BCUT2D eigenvalue weighted by Crippen LogP contribution is -2.28. The first-order valence-electron chi connectivity index (χ1n) is 12.2. The van der Waals surface area contributed by atoms with Gasteiger partial charge < -0.3 is 20.7 Å². The summed E-state index contributed by atoms with van der Waals surface area (Å²) in [4.78, 5) is 29.7. The second kappa shape index (κ2) is 9.08. The van der Waals surface area contributed by atoms with E-state index < -0.39 is 18.8 Å². The lowest BCUT2D eigenvalue weighted by molar-refractivity contribution is 0.0935. The molecule has 0 atom stereocenters. The van der Waals surface area contributed by atoms with E-state index in [2.05, 4.69) is 30.9 Å². The highest BCUT2D eigenvalue weighted by Crippen LogP contribution is 2.37. The third-order valence-electron chi connectivity index (χ3n) is 5.18. The number of ether oxygens (including phenoxy) is 1. The maximum Gasteiger partial charge on any atom is 0.273 e.